The van der Waals surface area contributed by atoms with Gasteiger partial charge in [-0.05, 0) is 64.0 Å². The van der Waals surface area contributed by atoms with E-state index in [0.29, 0.717) is 68.2 Å². The highest BCUT2D eigenvalue weighted by molar-refractivity contribution is 6.77. The molecule has 1 saturated heterocycles. The molecule has 0 unspecified atom stereocenters. The molecular weight excluding hydrogens is 741 g/mol. The molecule has 0 aromatic heterocycles. The summed E-state index contributed by atoms with van der Waals surface area (Å²) in [5.41, 5.74) is 4.56. The highest BCUT2D eigenvalue weighted by atomic mass is 28.4. The molecule has 0 bridgehead atoms. The summed E-state index contributed by atoms with van der Waals surface area (Å²) in [4.78, 5) is 30.5. The van der Waals surface area contributed by atoms with Crippen molar-refractivity contribution in [2.24, 2.45) is 0 Å². The van der Waals surface area contributed by atoms with Crippen LogP contribution in [0.25, 0.3) is 0 Å². The van der Waals surface area contributed by atoms with Gasteiger partial charge in [0.05, 0.1) is 37.7 Å². The number of fused-ring (bicyclic) bond motifs is 1. The number of piperidine rings is 1. The van der Waals surface area contributed by atoms with Gasteiger partial charge in [0.25, 0.3) is 5.91 Å². The molecule has 12 heteroatoms. The SMILES string of the molecule is COCCCOc1ccc([C@@H]2[C@@H](OCc3ccc4c(c3)N(CCCOC)C(=O)CO4)CN(C(=O)OCc3ccccc3)C[C@H]2O[Si](C(C)C)(C(C)C)C(C)C)cc1. The third kappa shape index (κ3) is 11.2. The predicted molar refractivity (Wildman–Crippen MR) is 225 cm³/mol. The van der Waals surface area contributed by atoms with Gasteiger partial charge in [-0.2, -0.15) is 0 Å². The fraction of sp³-hybridized carbons (Fsp3) is 0.556. The molecule has 0 N–H and O–H groups in total. The zero-order valence-electron chi connectivity index (χ0n) is 35.2. The van der Waals surface area contributed by atoms with E-state index in [0.717, 1.165) is 34.5 Å². The molecule has 11 nitrogen and oxygen atoms in total. The lowest BCUT2D eigenvalue weighted by atomic mass is 9.84. The number of carbonyl (C=O) groups excluding carboxylic acids is 2. The van der Waals surface area contributed by atoms with Crippen LogP contribution in [0.15, 0.2) is 72.8 Å². The molecule has 0 spiro atoms. The van der Waals surface area contributed by atoms with Crippen molar-refractivity contribution in [3.05, 3.63) is 89.5 Å². The fourth-order valence-corrected chi connectivity index (χ4v) is 14.2. The molecule has 2 heterocycles. The van der Waals surface area contributed by atoms with E-state index in [1.54, 1.807) is 24.0 Å². The summed E-state index contributed by atoms with van der Waals surface area (Å²) >= 11 is 0. The molecule has 3 aromatic rings. The van der Waals surface area contributed by atoms with Gasteiger partial charge in [0.2, 0.25) is 8.32 Å². The topological polar surface area (TPSA) is 105 Å². The average Bonchev–Trinajstić information content (AvgIpc) is 3.20. The highest BCUT2D eigenvalue weighted by Crippen LogP contribution is 2.46. The van der Waals surface area contributed by atoms with Gasteiger partial charge in [-0.3, -0.25) is 4.79 Å². The maximum absolute atomic E-state index is 14.0. The molecule has 5 rings (SSSR count). The number of carbonyl (C=O) groups is 2. The van der Waals surface area contributed by atoms with E-state index in [1.165, 1.54) is 0 Å². The number of benzene rings is 3. The molecule has 2 amide bonds. The Bertz CT molecular complexity index is 1680. The number of hydrogen-bond acceptors (Lipinski definition) is 9. The molecule has 57 heavy (non-hydrogen) atoms. The van der Waals surface area contributed by atoms with Gasteiger partial charge in [0.1, 0.15) is 18.1 Å². The summed E-state index contributed by atoms with van der Waals surface area (Å²) in [6.45, 7) is 17.0. The van der Waals surface area contributed by atoms with Gasteiger partial charge >= 0.3 is 6.09 Å². The Balaban J connectivity index is 1.50. The maximum atomic E-state index is 14.0. The molecule has 2 aliphatic rings. The first-order valence-electron chi connectivity index (χ1n) is 20.5. The summed E-state index contributed by atoms with van der Waals surface area (Å²) in [6, 6.07) is 23.8. The molecule has 312 valence electrons. The standard InChI is InChI=1S/C45H64N2O9Si/c1-32(2)57(33(3)4,34(5)6)56-42-28-46(45(49)55-29-35-14-10-9-11-15-35)27-41(44(42)37-17-19-38(20-18-37)52-25-13-24-51-8)53-30-36-16-21-40-39(26-36)47(22-12-23-50-7)43(48)31-54-40/h9-11,14-21,26,32-34,41-42,44H,12-13,22-25,27-31H2,1-8H3/t41-,42+,44+/m0/s1. The number of methoxy groups -OCH3 is 2. The van der Waals surface area contributed by atoms with Crippen LogP contribution in [-0.2, 0) is 41.4 Å². The lowest BCUT2D eigenvalue weighted by Gasteiger charge is -2.50. The number of nitrogens with zero attached hydrogens (tertiary/aromatic N) is 2. The first kappa shape index (κ1) is 44.2. The van der Waals surface area contributed by atoms with Crippen LogP contribution in [0.1, 0.15) is 77.0 Å². The number of likely N-dealkylation sites (tertiary alicyclic amines) is 1. The number of anilines is 1. The highest BCUT2D eigenvalue weighted by Gasteiger charge is 2.51. The first-order chi connectivity index (χ1) is 27.5. The summed E-state index contributed by atoms with van der Waals surface area (Å²) in [7, 11) is 0.895. The van der Waals surface area contributed by atoms with Crippen LogP contribution in [0, 0.1) is 0 Å². The predicted octanol–water partition coefficient (Wildman–Crippen LogP) is 8.75. The number of rotatable bonds is 20. The molecule has 0 radical (unpaired) electrons. The van der Waals surface area contributed by atoms with Gasteiger partial charge < -0.3 is 42.6 Å². The summed E-state index contributed by atoms with van der Waals surface area (Å²) in [5, 5.41) is 0. The summed E-state index contributed by atoms with van der Waals surface area (Å²) in [6.07, 6.45) is 0.275. The molecule has 0 saturated carbocycles. The van der Waals surface area contributed by atoms with E-state index >= 15 is 0 Å². The van der Waals surface area contributed by atoms with Crippen LogP contribution in [-0.4, -0.2) is 97.7 Å². The second-order valence-corrected chi connectivity index (χ2v) is 21.4. The van der Waals surface area contributed by atoms with Gasteiger partial charge in [-0.1, -0.05) is 90.1 Å². The Labute approximate surface area is 341 Å². The van der Waals surface area contributed by atoms with E-state index < -0.39 is 20.5 Å². The largest absolute Gasteiger partial charge is 0.494 e. The zero-order valence-corrected chi connectivity index (χ0v) is 36.2. The lowest BCUT2D eigenvalue weighted by Crippen LogP contribution is -2.59. The van der Waals surface area contributed by atoms with Gasteiger partial charge in [0.15, 0.2) is 6.61 Å². The van der Waals surface area contributed by atoms with E-state index in [4.69, 9.17) is 32.8 Å². The monoisotopic (exact) mass is 804 g/mol. The van der Waals surface area contributed by atoms with E-state index in [-0.39, 0.29) is 37.7 Å². The third-order valence-corrected chi connectivity index (χ3v) is 17.4. The van der Waals surface area contributed by atoms with Crippen molar-refractivity contribution in [3.63, 3.8) is 0 Å². The first-order valence-corrected chi connectivity index (χ1v) is 22.6. The average molecular weight is 805 g/mol. The summed E-state index contributed by atoms with van der Waals surface area (Å²) in [5.74, 6) is 1.15. The lowest BCUT2D eigenvalue weighted by molar-refractivity contribution is -0.121. The zero-order chi connectivity index (χ0) is 41.0. The Hall–Kier alpha value is -3.94. The maximum Gasteiger partial charge on any atom is 0.410 e. The van der Waals surface area contributed by atoms with Crippen LogP contribution in [0.3, 0.4) is 0 Å². The Kier molecular flexibility index (Phi) is 16.4. The van der Waals surface area contributed by atoms with Crippen molar-refractivity contribution in [1.82, 2.24) is 4.90 Å². The van der Waals surface area contributed by atoms with Gasteiger partial charge in [-0.25, -0.2) is 4.79 Å². The van der Waals surface area contributed by atoms with Crippen LogP contribution < -0.4 is 14.4 Å². The van der Waals surface area contributed by atoms with Crippen molar-refractivity contribution in [2.75, 3.05) is 65.2 Å². The number of ether oxygens (including phenoxy) is 6. The molecule has 3 atom stereocenters. The van der Waals surface area contributed by atoms with Crippen LogP contribution >= 0.6 is 0 Å². The Morgan fingerprint density at radius 3 is 2.12 bits per heavy atom. The molecule has 0 aliphatic carbocycles. The van der Waals surface area contributed by atoms with E-state index in [9.17, 15) is 9.59 Å². The van der Waals surface area contributed by atoms with Crippen molar-refractivity contribution in [2.45, 2.75) is 102 Å². The quantitative estimate of drug-likeness (QED) is 0.0819. The van der Waals surface area contributed by atoms with Gasteiger partial charge in [0, 0.05) is 52.9 Å². The minimum atomic E-state index is -2.45. The fourth-order valence-electron chi connectivity index (χ4n) is 8.63. The molecular formula is C45H64N2O9Si. The van der Waals surface area contributed by atoms with Crippen LogP contribution in [0.2, 0.25) is 16.6 Å². The van der Waals surface area contributed by atoms with Crippen molar-refractivity contribution in [3.8, 4) is 11.5 Å². The van der Waals surface area contributed by atoms with Crippen molar-refractivity contribution < 1.29 is 42.4 Å². The second kappa shape index (κ2) is 21.2. The van der Waals surface area contributed by atoms with E-state index in [2.05, 4.69) is 53.7 Å². The normalized spacial score (nSPS) is 18.6. The van der Waals surface area contributed by atoms with Crippen LogP contribution in [0.5, 0.6) is 11.5 Å². The number of amides is 2. The van der Waals surface area contributed by atoms with Crippen LogP contribution in [0.4, 0.5) is 10.5 Å². The number of hydrogen-bond donors (Lipinski definition) is 0. The molecule has 1 fully saturated rings. The van der Waals surface area contributed by atoms with E-state index in [1.807, 2.05) is 60.7 Å². The van der Waals surface area contributed by atoms with Crippen molar-refractivity contribution >= 4 is 26.0 Å². The minimum absolute atomic E-state index is 0.00208. The minimum Gasteiger partial charge on any atom is -0.494 e. The van der Waals surface area contributed by atoms with Crippen molar-refractivity contribution in [1.29, 1.82) is 0 Å². The Morgan fingerprint density at radius 1 is 0.789 bits per heavy atom. The second-order valence-electron chi connectivity index (χ2n) is 16.0. The van der Waals surface area contributed by atoms with Gasteiger partial charge in [-0.15, -0.1) is 0 Å². The molecule has 2 aliphatic heterocycles. The Morgan fingerprint density at radius 2 is 1.46 bits per heavy atom. The smallest absolute Gasteiger partial charge is 0.410 e. The third-order valence-electron chi connectivity index (χ3n) is 11.3. The summed E-state index contributed by atoms with van der Waals surface area (Å²) < 4.78 is 42.8. The molecule has 3 aromatic carbocycles.